The molecular formula is C16H28N4O2. The van der Waals surface area contributed by atoms with E-state index < -0.39 is 0 Å². The van der Waals surface area contributed by atoms with Gasteiger partial charge in [-0.1, -0.05) is 0 Å². The standard InChI is InChI=1S/C16H28N4O2/c1-19(2)9-5-8-18-16(21)13-6-7-15(14(17)12-13)22-11-10-20(3)4/h6-7,12H,5,8-11,17H2,1-4H3,(H,18,21). The van der Waals surface area contributed by atoms with Crippen molar-refractivity contribution in [3.05, 3.63) is 23.8 Å². The zero-order valence-electron chi connectivity index (χ0n) is 14.1. The van der Waals surface area contributed by atoms with E-state index in [0.717, 1.165) is 19.5 Å². The van der Waals surface area contributed by atoms with E-state index in [9.17, 15) is 4.79 Å². The highest BCUT2D eigenvalue weighted by Crippen LogP contribution is 2.22. The number of rotatable bonds is 9. The van der Waals surface area contributed by atoms with Crippen LogP contribution in [0.1, 0.15) is 16.8 Å². The van der Waals surface area contributed by atoms with Gasteiger partial charge >= 0.3 is 0 Å². The van der Waals surface area contributed by atoms with E-state index in [1.54, 1.807) is 18.2 Å². The summed E-state index contributed by atoms with van der Waals surface area (Å²) >= 11 is 0. The Kier molecular flexibility index (Phi) is 7.70. The quantitative estimate of drug-likeness (QED) is 0.524. The zero-order valence-corrected chi connectivity index (χ0v) is 14.1. The van der Waals surface area contributed by atoms with Crippen LogP contribution in [-0.2, 0) is 0 Å². The highest BCUT2D eigenvalue weighted by atomic mass is 16.5. The van der Waals surface area contributed by atoms with Crippen LogP contribution in [0, 0.1) is 0 Å². The molecule has 22 heavy (non-hydrogen) atoms. The minimum Gasteiger partial charge on any atom is -0.490 e. The number of benzene rings is 1. The van der Waals surface area contributed by atoms with Gasteiger partial charge in [0.1, 0.15) is 12.4 Å². The van der Waals surface area contributed by atoms with Crippen LogP contribution >= 0.6 is 0 Å². The van der Waals surface area contributed by atoms with Crippen molar-refractivity contribution in [2.24, 2.45) is 0 Å². The summed E-state index contributed by atoms with van der Waals surface area (Å²) < 4.78 is 5.60. The Morgan fingerprint density at radius 3 is 2.45 bits per heavy atom. The van der Waals surface area contributed by atoms with E-state index >= 15 is 0 Å². The molecule has 6 nitrogen and oxygen atoms in total. The molecule has 1 amide bonds. The Hall–Kier alpha value is -1.79. The molecule has 0 heterocycles. The molecule has 0 saturated carbocycles. The molecule has 1 rings (SSSR count). The first-order valence-corrected chi connectivity index (χ1v) is 7.50. The van der Waals surface area contributed by atoms with Gasteiger partial charge in [-0.3, -0.25) is 4.79 Å². The number of ether oxygens (including phenoxy) is 1. The number of hydrogen-bond acceptors (Lipinski definition) is 5. The van der Waals surface area contributed by atoms with Gasteiger partial charge in [0.05, 0.1) is 5.69 Å². The summed E-state index contributed by atoms with van der Waals surface area (Å²) in [5.74, 6) is 0.510. The van der Waals surface area contributed by atoms with E-state index in [1.165, 1.54) is 0 Å². The lowest BCUT2D eigenvalue weighted by atomic mass is 10.1. The summed E-state index contributed by atoms with van der Waals surface area (Å²) in [4.78, 5) is 16.1. The first kappa shape index (κ1) is 18.3. The number of nitrogen functional groups attached to an aromatic ring is 1. The number of anilines is 1. The smallest absolute Gasteiger partial charge is 0.251 e. The lowest BCUT2D eigenvalue weighted by molar-refractivity contribution is 0.0952. The summed E-state index contributed by atoms with van der Waals surface area (Å²) in [6, 6.07) is 5.15. The van der Waals surface area contributed by atoms with E-state index in [2.05, 4.69) is 10.2 Å². The molecule has 0 spiro atoms. The Balaban J connectivity index is 2.48. The first-order valence-electron chi connectivity index (χ1n) is 7.50. The zero-order chi connectivity index (χ0) is 16.5. The molecular weight excluding hydrogens is 280 g/mol. The average Bonchev–Trinajstić information content (AvgIpc) is 2.44. The van der Waals surface area contributed by atoms with Gasteiger partial charge in [-0.05, 0) is 59.4 Å². The number of likely N-dealkylation sites (N-methyl/N-ethyl adjacent to an activating group) is 1. The molecule has 0 aliphatic carbocycles. The lowest BCUT2D eigenvalue weighted by Gasteiger charge is -2.13. The van der Waals surface area contributed by atoms with Crippen LogP contribution in [-0.4, -0.2) is 70.1 Å². The Bertz CT molecular complexity index is 475. The molecule has 124 valence electrons. The van der Waals surface area contributed by atoms with Crippen molar-refractivity contribution in [1.82, 2.24) is 15.1 Å². The molecule has 1 aromatic carbocycles. The molecule has 3 N–H and O–H groups in total. The lowest BCUT2D eigenvalue weighted by Crippen LogP contribution is -2.27. The maximum atomic E-state index is 12.0. The van der Waals surface area contributed by atoms with Gasteiger partial charge in [0.2, 0.25) is 0 Å². The van der Waals surface area contributed by atoms with Crippen molar-refractivity contribution in [2.45, 2.75) is 6.42 Å². The molecule has 0 fully saturated rings. The van der Waals surface area contributed by atoms with Crippen LogP contribution in [0.15, 0.2) is 18.2 Å². The number of nitrogens with zero attached hydrogens (tertiary/aromatic N) is 2. The molecule has 0 atom stereocenters. The van der Waals surface area contributed by atoms with Crippen molar-refractivity contribution in [3.63, 3.8) is 0 Å². The summed E-state index contributed by atoms with van der Waals surface area (Å²) in [5.41, 5.74) is 6.99. The molecule has 0 aromatic heterocycles. The molecule has 0 saturated heterocycles. The third-order valence-electron chi connectivity index (χ3n) is 3.14. The van der Waals surface area contributed by atoms with Gasteiger partial charge < -0.3 is 25.6 Å². The predicted octanol–water partition coefficient (Wildman–Crippen LogP) is 0.891. The second kappa shape index (κ2) is 9.27. The van der Waals surface area contributed by atoms with Crippen molar-refractivity contribution < 1.29 is 9.53 Å². The molecule has 0 unspecified atom stereocenters. The Morgan fingerprint density at radius 1 is 1.18 bits per heavy atom. The molecule has 0 radical (unpaired) electrons. The normalized spacial score (nSPS) is 11.0. The van der Waals surface area contributed by atoms with Crippen molar-refractivity contribution in [2.75, 3.05) is 60.2 Å². The maximum Gasteiger partial charge on any atom is 0.251 e. The number of carbonyl (C=O) groups is 1. The highest BCUT2D eigenvalue weighted by molar-refractivity contribution is 5.95. The predicted molar refractivity (Wildman–Crippen MR) is 90.4 cm³/mol. The molecule has 0 bridgehead atoms. The second-order valence-corrected chi connectivity index (χ2v) is 5.82. The van der Waals surface area contributed by atoms with E-state index in [-0.39, 0.29) is 5.91 Å². The van der Waals surface area contributed by atoms with Gasteiger partial charge in [0.15, 0.2) is 0 Å². The summed E-state index contributed by atoms with van der Waals surface area (Å²) in [7, 11) is 7.99. The van der Waals surface area contributed by atoms with Crippen LogP contribution in [0.5, 0.6) is 5.75 Å². The van der Waals surface area contributed by atoms with Crippen LogP contribution < -0.4 is 15.8 Å². The van der Waals surface area contributed by atoms with Gasteiger partial charge in [-0.2, -0.15) is 0 Å². The fourth-order valence-electron chi connectivity index (χ4n) is 1.86. The largest absolute Gasteiger partial charge is 0.490 e. The van der Waals surface area contributed by atoms with Crippen LogP contribution in [0.2, 0.25) is 0 Å². The third-order valence-corrected chi connectivity index (χ3v) is 3.14. The second-order valence-electron chi connectivity index (χ2n) is 5.82. The van der Waals surface area contributed by atoms with Crippen molar-refractivity contribution in [1.29, 1.82) is 0 Å². The molecule has 1 aromatic rings. The van der Waals surface area contributed by atoms with Crippen LogP contribution in [0.4, 0.5) is 5.69 Å². The molecule has 6 heteroatoms. The van der Waals surface area contributed by atoms with Gasteiger partial charge in [-0.15, -0.1) is 0 Å². The minimum atomic E-state index is -0.106. The van der Waals surface area contributed by atoms with E-state index in [0.29, 0.717) is 30.2 Å². The number of amides is 1. The summed E-state index contributed by atoms with van der Waals surface area (Å²) in [5, 5.41) is 2.89. The highest BCUT2D eigenvalue weighted by Gasteiger charge is 2.08. The summed E-state index contributed by atoms with van der Waals surface area (Å²) in [6.07, 6.45) is 0.917. The topological polar surface area (TPSA) is 70.8 Å². The van der Waals surface area contributed by atoms with Gasteiger partial charge in [0, 0.05) is 18.7 Å². The fourth-order valence-corrected chi connectivity index (χ4v) is 1.86. The van der Waals surface area contributed by atoms with Gasteiger partial charge in [-0.25, -0.2) is 0 Å². The van der Waals surface area contributed by atoms with Crippen LogP contribution in [0.25, 0.3) is 0 Å². The van der Waals surface area contributed by atoms with Crippen molar-refractivity contribution in [3.8, 4) is 5.75 Å². The maximum absolute atomic E-state index is 12.0. The summed E-state index contributed by atoms with van der Waals surface area (Å²) in [6.45, 7) is 2.97. The monoisotopic (exact) mass is 308 g/mol. The van der Waals surface area contributed by atoms with Crippen LogP contribution in [0.3, 0.4) is 0 Å². The number of carbonyl (C=O) groups excluding carboxylic acids is 1. The number of hydrogen-bond donors (Lipinski definition) is 2. The molecule has 0 aliphatic heterocycles. The number of nitrogens with two attached hydrogens (primary N) is 1. The molecule has 0 aliphatic rings. The third kappa shape index (κ3) is 6.78. The first-order chi connectivity index (χ1) is 10.4. The van der Waals surface area contributed by atoms with Gasteiger partial charge in [0.25, 0.3) is 5.91 Å². The van der Waals surface area contributed by atoms with E-state index in [1.807, 2.05) is 33.1 Å². The Morgan fingerprint density at radius 2 is 1.86 bits per heavy atom. The SMILES string of the molecule is CN(C)CCCNC(=O)c1ccc(OCCN(C)C)c(N)c1. The fraction of sp³-hybridized carbons (Fsp3) is 0.562. The van der Waals surface area contributed by atoms with E-state index in [4.69, 9.17) is 10.5 Å². The minimum absolute atomic E-state index is 0.106. The number of nitrogens with one attached hydrogen (secondary N) is 1. The Labute approximate surface area is 133 Å². The van der Waals surface area contributed by atoms with Crippen molar-refractivity contribution >= 4 is 11.6 Å². The average molecular weight is 308 g/mol.